The van der Waals surface area contributed by atoms with Crippen LogP contribution in [0.4, 0.5) is 0 Å². The zero-order chi connectivity index (χ0) is 16.4. The molecule has 23 heavy (non-hydrogen) atoms. The summed E-state index contributed by atoms with van der Waals surface area (Å²) in [7, 11) is 0. The van der Waals surface area contributed by atoms with Crippen molar-refractivity contribution in [2.24, 2.45) is 10.9 Å². The Morgan fingerprint density at radius 3 is 2.65 bits per heavy atom. The van der Waals surface area contributed by atoms with Crippen molar-refractivity contribution in [1.82, 2.24) is 4.57 Å². The number of oxime groups is 1. The molecule has 0 unspecified atom stereocenters. The van der Waals surface area contributed by atoms with Crippen LogP contribution in [0.2, 0.25) is 0 Å². The first kappa shape index (κ1) is 15.3. The number of rotatable bonds is 6. The summed E-state index contributed by atoms with van der Waals surface area (Å²) in [5.41, 5.74) is 9.46. The van der Waals surface area contributed by atoms with Crippen LogP contribution >= 0.6 is 0 Å². The topological polar surface area (TPSA) is 69.6 Å². The van der Waals surface area contributed by atoms with E-state index in [0.29, 0.717) is 11.6 Å². The Bertz CT molecular complexity index is 743. The van der Waals surface area contributed by atoms with Crippen LogP contribution < -0.4 is 5.73 Å². The second kappa shape index (κ2) is 6.28. The zero-order valence-electron chi connectivity index (χ0n) is 13.5. The first-order chi connectivity index (χ1) is 11.1. The highest BCUT2D eigenvalue weighted by atomic mass is 16.6. The fourth-order valence-electron chi connectivity index (χ4n) is 2.85. The molecular formula is C18H21N3O2. The SMILES string of the molecule is Cc1cc(C(=O)CON=C(N)c2ccccc2)c(C)n1C1CC1. The molecule has 1 fully saturated rings. The van der Waals surface area contributed by atoms with E-state index in [-0.39, 0.29) is 18.2 Å². The molecule has 0 radical (unpaired) electrons. The van der Waals surface area contributed by atoms with Crippen molar-refractivity contribution >= 4 is 11.6 Å². The van der Waals surface area contributed by atoms with Crippen LogP contribution in [0.1, 0.15) is 46.2 Å². The number of Topliss-reactive ketones (excluding diaryl/α,β-unsaturated/α-hetero) is 1. The molecule has 5 heteroatoms. The molecule has 2 aromatic rings. The summed E-state index contributed by atoms with van der Waals surface area (Å²) in [4.78, 5) is 17.5. The molecule has 0 aliphatic heterocycles. The lowest BCUT2D eigenvalue weighted by molar-refractivity contribution is 0.0775. The molecule has 2 N–H and O–H groups in total. The molecule has 5 nitrogen and oxygen atoms in total. The number of carbonyl (C=O) groups excluding carboxylic acids is 1. The van der Waals surface area contributed by atoms with Gasteiger partial charge in [-0.1, -0.05) is 35.5 Å². The first-order valence-electron chi connectivity index (χ1n) is 7.80. The molecule has 0 atom stereocenters. The normalized spacial score (nSPS) is 14.8. The number of carbonyl (C=O) groups is 1. The van der Waals surface area contributed by atoms with E-state index in [1.54, 1.807) is 0 Å². The number of nitrogens with zero attached hydrogens (tertiary/aromatic N) is 2. The van der Waals surface area contributed by atoms with Crippen LogP contribution in [0.25, 0.3) is 0 Å². The minimum Gasteiger partial charge on any atom is -0.386 e. The predicted molar refractivity (Wildman–Crippen MR) is 89.6 cm³/mol. The quantitative estimate of drug-likeness (QED) is 0.386. The standard InChI is InChI=1S/C18H21N3O2/c1-12-10-16(13(2)21(12)15-8-9-15)17(22)11-23-20-18(19)14-6-4-3-5-7-14/h3-7,10,15H,8-9,11H2,1-2H3,(H2,19,20). The maximum atomic E-state index is 12.3. The molecule has 1 heterocycles. The average molecular weight is 311 g/mol. The van der Waals surface area contributed by atoms with Gasteiger partial charge in [0.15, 0.2) is 12.4 Å². The molecule has 120 valence electrons. The number of nitrogens with two attached hydrogens (primary N) is 1. The fraction of sp³-hybridized carbons (Fsp3) is 0.333. The maximum Gasteiger partial charge on any atom is 0.204 e. The summed E-state index contributed by atoms with van der Waals surface area (Å²) in [6.45, 7) is 3.91. The molecule has 3 rings (SSSR count). The summed E-state index contributed by atoms with van der Waals surface area (Å²) >= 11 is 0. The third-order valence-electron chi connectivity index (χ3n) is 4.12. The van der Waals surface area contributed by atoms with Gasteiger partial charge in [-0.05, 0) is 32.8 Å². The number of amidine groups is 1. The van der Waals surface area contributed by atoms with Crippen LogP contribution in [0.3, 0.4) is 0 Å². The minimum atomic E-state index is -0.109. The average Bonchev–Trinajstić information content (AvgIpc) is 3.33. The van der Waals surface area contributed by atoms with Crippen molar-refractivity contribution in [1.29, 1.82) is 0 Å². The molecular weight excluding hydrogens is 290 g/mol. The lowest BCUT2D eigenvalue weighted by Gasteiger charge is -2.07. The Morgan fingerprint density at radius 2 is 2.00 bits per heavy atom. The zero-order valence-corrected chi connectivity index (χ0v) is 13.5. The van der Waals surface area contributed by atoms with Crippen LogP contribution in [0.5, 0.6) is 0 Å². The van der Waals surface area contributed by atoms with Gasteiger partial charge in [0.05, 0.1) is 0 Å². The molecule has 1 aliphatic carbocycles. The van der Waals surface area contributed by atoms with Gasteiger partial charge >= 0.3 is 0 Å². The molecule has 0 spiro atoms. The summed E-state index contributed by atoms with van der Waals surface area (Å²) in [5, 5.41) is 3.83. The van der Waals surface area contributed by atoms with E-state index >= 15 is 0 Å². The second-order valence-corrected chi connectivity index (χ2v) is 5.93. The summed E-state index contributed by atoms with van der Waals surface area (Å²) in [6.07, 6.45) is 2.39. The molecule has 1 aliphatic rings. The number of hydrogen-bond acceptors (Lipinski definition) is 3. The van der Waals surface area contributed by atoms with Crippen molar-refractivity contribution in [3.8, 4) is 0 Å². The van der Waals surface area contributed by atoms with Gasteiger partial charge in [-0.25, -0.2) is 0 Å². The van der Waals surface area contributed by atoms with E-state index in [1.807, 2.05) is 50.2 Å². The third-order valence-corrected chi connectivity index (χ3v) is 4.12. The summed E-state index contributed by atoms with van der Waals surface area (Å²) in [6, 6.07) is 11.8. The largest absolute Gasteiger partial charge is 0.386 e. The summed E-state index contributed by atoms with van der Waals surface area (Å²) in [5.74, 6) is 0.191. The fourth-order valence-corrected chi connectivity index (χ4v) is 2.85. The molecule has 0 bridgehead atoms. The smallest absolute Gasteiger partial charge is 0.204 e. The van der Waals surface area contributed by atoms with E-state index in [2.05, 4.69) is 9.72 Å². The number of aryl methyl sites for hydroxylation is 1. The number of benzene rings is 1. The lowest BCUT2D eigenvalue weighted by atomic mass is 10.1. The summed E-state index contributed by atoms with van der Waals surface area (Å²) < 4.78 is 2.24. The van der Waals surface area contributed by atoms with Gasteiger partial charge < -0.3 is 15.1 Å². The van der Waals surface area contributed by atoms with E-state index in [0.717, 1.165) is 17.0 Å². The Balaban J connectivity index is 1.65. The van der Waals surface area contributed by atoms with Crippen molar-refractivity contribution in [2.45, 2.75) is 32.7 Å². The number of aromatic nitrogens is 1. The second-order valence-electron chi connectivity index (χ2n) is 5.93. The monoisotopic (exact) mass is 311 g/mol. The van der Waals surface area contributed by atoms with Crippen LogP contribution in [0.15, 0.2) is 41.6 Å². The Kier molecular flexibility index (Phi) is 4.19. The predicted octanol–water partition coefficient (Wildman–Crippen LogP) is 2.96. The van der Waals surface area contributed by atoms with Gasteiger partial charge in [-0.3, -0.25) is 4.79 Å². The molecule has 1 saturated carbocycles. The van der Waals surface area contributed by atoms with E-state index in [1.165, 1.54) is 12.8 Å². The van der Waals surface area contributed by atoms with Gasteiger partial charge in [0.2, 0.25) is 5.78 Å². The Hall–Kier alpha value is -2.56. The highest BCUT2D eigenvalue weighted by Crippen LogP contribution is 2.38. The van der Waals surface area contributed by atoms with Crippen molar-refractivity contribution in [2.75, 3.05) is 6.61 Å². The first-order valence-corrected chi connectivity index (χ1v) is 7.80. The van der Waals surface area contributed by atoms with Gasteiger partial charge in [0, 0.05) is 28.6 Å². The van der Waals surface area contributed by atoms with Crippen molar-refractivity contribution in [3.63, 3.8) is 0 Å². The Labute approximate surface area is 135 Å². The van der Waals surface area contributed by atoms with Crippen LogP contribution in [-0.2, 0) is 4.84 Å². The van der Waals surface area contributed by atoms with E-state index in [9.17, 15) is 4.79 Å². The van der Waals surface area contributed by atoms with Crippen molar-refractivity contribution in [3.05, 3.63) is 58.9 Å². The molecule has 0 amide bonds. The highest BCUT2D eigenvalue weighted by molar-refractivity contribution is 5.99. The van der Waals surface area contributed by atoms with Crippen LogP contribution in [-0.4, -0.2) is 22.8 Å². The van der Waals surface area contributed by atoms with Gasteiger partial charge in [0.1, 0.15) is 0 Å². The lowest BCUT2D eigenvalue weighted by Crippen LogP contribution is -2.15. The highest BCUT2D eigenvalue weighted by Gasteiger charge is 2.28. The van der Waals surface area contributed by atoms with Gasteiger partial charge in [-0.15, -0.1) is 0 Å². The van der Waals surface area contributed by atoms with E-state index < -0.39 is 0 Å². The minimum absolute atomic E-state index is 0.0744. The number of ketones is 1. The third kappa shape index (κ3) is 3.28. The Morgan fingerprint density at radius 1 is 1.30 bits per heavy atom. The maximum absolute atomic E-state index is 12.3. The van der Waals surface area contributed by atoms with Crippen molar-refractivity contribution < 1.29 is 9.63 Å². The molecule has 1 aromatic heterocycles. The van der Waals surface area contributed by atoms with Gasteiger partial charge in [0.25, 0.3) is 0 Å². The van der Waals surface area contributed by atoms with E-state index in [4.69, 9.17) is 10.6 Å². The molecule has 0 saturated heterocycles. The van der Waals surface area contributed by atoms with Gasteiger partial charge in [-0.2, -0.15) is 0 Å². The van der Waals surface area contributed by atoms with Crippen LogP contribution in [0, 0.1) is 13.8 Å². The molecule has 1 aromatic carbocycles. The number of hydrogen-bond donors (Lipinski definition) is 1.